The Morgan fingerprint density at radius 2 is 1.38 bits per heavy atom. The molecule has 0 saturated carbocycles. The van der Waals surface area contributed by atoms with E-state index >= 15 is 0 Å². The van der Waals surface area contributed by atoms with Crippen LogP contribution in [0.3, 0.4) is 0 Å². The first kappa shape index (κ1) is 23.2. The molecule has 3 nitrogen and oxygen atoms in total. The summed E-state index contributed by atoms with van der Waals surface area (Å²) in [5, 5.41) is 0. The normalized spacial score (nSPS) is 9.78. The molecule has 0 atom stereocenters. The average Bonchev–Trinajstić information content (AvgIpc) is 2.86. The van der Waals surface area contributed by atoms with Gasteiger partial charge in [0.1, 0.15) is 0 Å². The smallest absolute Gasteiger partial charge is 0.0166 e. The molecule has 0 saturated heterocycles. The maximum absolute atomic E-state index is 4.43. The fourth-order valence-electron chi connectivity index (χ4n) is 3.16. The maximum Gasteiger partial charge on any atom is 0.0166 e. The average molecular weight is 592 g/mol. The van der Waals surface area contributed by atoms with Crippen LogP contribution in [-0.2, 0) is 20.1 Å². The predicted octanol–water partition coefficient (Wildman–Crippen LogP) is 6.47. The van der Waals surface area contributed by atoms with E-state index in [1.54, 1.807) is 12.4 Å². The second-order valence-corrected chi connectivity index (χ2v) is 6.87. The summed E-state index contributed by atoms with van der Waals surface area (Å²) >= 11 is 0. The fourth-order valence-corrected chi connectivity index (χ4v) is 3.16. The zero-order chi connectivity index (χ0) is 21.3. The van der Waals surface area contributed by atoms with Crippen LogP contribution in [0.1, 0.15) is 5.56 Å². The van der Waals surface area contributed by atoms with Gasteiger partial charge in [0.25, 0.3) is 0 Å². The first-order chi connectivity index (χ1) is 15.3. The van der Waals surface area contributed by atoms with Crippen molar-refractivity contribution in [2.75, 3.05) is 0 Å². The van der Waals surface area contributed by atoms with Crippen LogP contribution in [0.25, 0.3) is 33.8 Å². The molecule has 32 heavy (non-hydrogen) atoms. The van der Waals surface area contributed by atoms with Gasteiger partial charge in [0, 0.05) is 32.5 Å². The maximum atomic E-state index is 4.43. The Morgan fingerprint density at radius 3 is 2.09 bits per heavy atom. The van der Waals surface area contributed by atoms with Crippen molar-refractivity contribution in [2.24, 2.45) is 0 Å². The molecule has 5 rings (SSSR count). The quantitative estimate of drug-likeness (QED) is 0.226. The zero-order valence-corrected chi connectivity index (χ0v) is 20.0. The summed E-state index contributed by atoms with van der Waals surface area (Å²) in [6.07, 6.45) is 5.34. The first-order valence-corrected chi connectivity index (χ1v) is 10.0. The number of aryl methyl sites for hydroxylation is 1. The summed E-state index contributed by atoms with van der Waals surface area (Å²) in [5.41, 5.74) is 7.36. The molecule has 159 valence electrons. The summed E-state index contributed by atoms with van der Waals surface area (Å²) in [5.74, 6) is 0. The van der Waals surface area contributed by atoms with Gasteiger partial charge in [0.05, 0.1) is 0 Å². The van der Waals surface area contributed by atoms with E-state index in [1.165, 1.54) is 16.7 Å². The van der Waals surface area contributed by atoms with Crippen molar-refractivity contribution in [2.45, 2.75) is 6.92 Å². The van der Waals surface area contributed by atoms with Crippen LogP contribution >= 0.6 is 0 Å². The molecule has 0 aliphatic carbocycles. The molecule has 0 bridgehead atoms. The molecule has 3 aromatic heterocycles. The van der Waals surface area contributed by atoms with Gasteiger partial charge in [-0.2, -0.15) is 12.1 Å². The second kappa shape index (κ2) is 11.8. The van der Waals surface area contributed by atoms with E-state index in [1.807, 2.05) is 60.8 Å². The van der Waals surface area contributed by atoms with Crippen molar-refractivity contribution in [3.05, 3.63) is 127 Å². The number of hydrogen-bond acceptors (Lipinski definition) is 3. The van der Waals surface area contributed by atoms with Crippen molar-refractivity contribution in [1.82, 2.24) is 15.0 Å². The summed E-state index contributed by atoms with van der Waals surface area (Å²) in [6, 6.07) is 36.1. The number of benzene rings is 2. The number of pyridine rings is 3. The fraction of sp³-hybridized carbons (Fsp3) is 0.0357. The molecule has 0 unspecified atom stereocenters. The molecule has 0 N–H and O–H groups in total. The van der Waals surface area contributed by atoms with Crippen LogP contribution in [0, 0.1) is 19.1 Å². The van der Waals surface area contributed by atoms with Gasteiger partial charge in [-0.05, 0) is 59.0 Å². The van der Waals surface area contributed by atoms with E-state index in [0.29, 0.717) is 0 Å². The Morgan fingerprint density at radius 1 is 0.625 bits per heavy atom. The molecular weight excluding hydrogens is 571 g/mol. The van der Waals surface area contributed by atoms with Gasteiger partial charge in [-0.25, -0.2) is 0 Å². The summed E-state index contributed by atoms with van der Waals surface area (Å²) < 4.78 is 0. The standard InChI is InChI=1S/C18H14N.C10H7N2.Ir/c1-14-7-5-6-10-17(14)16-11-12-19-18(13-16)15-8-3-2-4-9-15;1-3-7-11-9(5-1)10-6-2-4-8-12-10;/h2-8,10-13H,1H3;1-5,7-8H;/q2*-1;. The van der Waals surface area contributed by atoms with Crippen LogP contribution < -0.4 is 0 Å². The molecule has 3 heterocycles. The third-order valence-electron chi connectivity index (χ3n) is 4.71. The third-order valence-corrected chi connectivity index (χ3v) is 4.71. The van der Waals surface area contributed by atoms with Crippen molar-refractivity contribution in [3.63, 3.8) is 0 Å². The van der Waals surface area contributed by atoms with Gasteiger partial charge >= 0.3 is 0 Å². The molecule has 0 fully saturated rings. The number of rotatable bonds is 3. The van der Waals surface area contributed by atoms with E-state index < -0.39 is 0 Å². The Bertz CT molecular complexity index is 1190. The zero-order valence-electron chi connectivity index (χ0n) is 17.6. The van der Waals surface area contributed by atoms with E-state index in [-0.39, 0.29) is 20.1 Å². The van der Waals surface area contributed by atoms with E-state index in [9.17, 15) is 0 Å². The molecule has 0 aliphatic rings. The van der Waals surface area contributed by atoms with Crippen molar-refractivity contribution >= 4 is 0 Å². The second-order valence-electron chi connectivity index (χ2n) is 6.87. The van der Waals surface area contributed by atoms with Gasteiger partial charge in [0.15, 0.2) is 0 Å². The summed E-state index contributed by atoms with van der Waals surface area (Å²) in [4.78, 5) is 12.7. The molecule has 5 aromatic rings. The number of hydrogen-bond donors (Lipinski definition) is 0. The number of aromatic nitrogens is 3. The molecule has 1 radical (unpaired) electrons. The molecule has 0 amide bonds. The SMILES string of the molecule is Cc1ccccc1-c1ccnc(-c2[c-]cccc2)c1.[Ir].[c-]1cccnc1-c1ccccn1. The molecular formula is C28H21IrN3-2. The van der Waals surface area contributed by atoms with Crippen LogP contribution in [0.15, 0.2) is 110 Å². The minimum atomic E-state index is 0. The van der Waals surface area contributed by atoms with E-state index in [0.717, 1.165) is 22.6 Å². The number of nitrogens with zero attached hydrogens (tertiary/aromatic N) is 3. The Labute approximate surface area is 202 Å². The minimum absolute atomic E-state index is 0. The third kappa shape index (κ3) is 6.04. The van der Waals surface area contributed by atoms with Gasteiger partial charge in [-0.3, -0.25) is 4.98 Å². The van der Waals surface area contributed by atoms with Crippen LogP contribution in [0.5, 0.6) is 0 Å². The van der Waals surface area contributed by atoms with Gasteiger partial charge in [0.2, 0.25) is 0 Å². The topological polar surface area (TPSA) is 38.7 Å². The Kier molecular flexibility index (Phi) is 8.56. The van der Waals surface area contributed by atoms with Gasteiger partial charge in [-0.1, -0.05) is 42.5 Å². The summed E-state index contributed by atoms with van der Waals surface area (Å²) in [7, 11) is 0. The van der Waals surface area contributed by atoms with E-state index in [2.05, 4.69) is 70.4 Å². The Balaban J connectivity index is 0.000000193. The minimum Gasteiger partial charge on any atom is -0.318 e. The molecule has 0 aliphatic heterocycles. The van der Waals surface area contributed by atoms with Crippen LogP contribution in [-0.4, -0.2) is 15.0 Å². The van der Waals surface area contributed by atoms with Crippen molar-refractivity contribution < 1.29 is 20.1 Å². The van der Waals surface area contributed by atoms with Crippen molar-refractivity contribution in [3.8, 4) is 33.8 Å². The van der Waals surface area contributed by atoms with Crippen molar-refractivity contribution in [1.29, 1.82) is 0 Å². The van der Waals surface area contributed by atoms with Crippen LogP contribution in [0.4, 0.5) is 0 Å². The monoisotopic (exact) mass is 592 g/mol. The summed E-state index contributed by atoms with van der Waals surface area (Å²) in [6.45, 7) is 2.13. The predicted molar refractivity (Wildman–Crippen MR) is 125 cm³/mol. The first-order valence-electron chi connectivity index (χ1n) is 10.0. The molecule has 2 aromatic carbocycles. The Hall–Kier alpha value is -3.46. The molecule has 0 spiro atoms. The molecule has 4 heteroatoms. The van der Waals surface area contributed by atoms with Gasteiger partial charge < -0.3 is 9.97 Å². The van der Waals surface area contributed by atoms with Gasteiger partial charge in [-0.15, -0.1) is 42.0 Å². The van der Waals surface area contributed by atoms with E-state index in [4.69, 9.17) is 0 Å². The van der Waals surface area contributed by atoms with Crippen LogP contribution in [0.2, 0.25) is 0 Å². The largest absolute Gasteiger partial charge is 0.318 e.